The summed E-state index contributed by atoms with van der Waals surface area (Å²) in [5.41, 5.74) is 0.976. The summed E-state index contributed by atoms with van der Waals surface area (Å²) in [6.45, 7) is -0.503. The molecule has 0 fully saturated rings. The van der Waals surface area contributed by atoms with Gasteiger partial charge in [-0.05, 0) is 24.1 Å². The summed E-state index contributed by atoms with van der Waals surface area (Å²) in [6.07, 6.45) is 0.694. The molecule has 0 aliphatic heterocycles. The van der Waals surface area contributed by atoms with E-state index in [0.29, 0.717) is 6.42 Å². The van der Waals surface area contributed by atoms with Crippen molar-refractivity contribution >= 4 is 17.8 Å². The summed E-state index contributed by atoms with van der Waals surface area (Å²) in [7, 11) is 4.77. The second-order valence-electron chi connectivity index (χ2n) is 5.07. The molecular weight excluding hydrogens is 300 g/mol. The Kier molecular flexibility index (Phi) is 7.59. The number of methoxy groups -OCH3 is 1. The summed E-state index contributed by atoms with van der Waals surface area (Å²) in [4.78, 5) is 35.7. The van der Waals surface area contributed by atoms with Gasteiger partial charge in [0.15, 0.2) is 6.61 Å². The maximum Gasteiger partial charge on any atom is 0.306 e. The molecule has 0 saturated heterocycles. The van der Waals surface area contributed by atoms with E-state index in [1.165, 1.54) is 4.90 Å². The van der Waals surface area contributed by atoms with Crippen LogP contribution in [0.4, 0.5) is 0 Å². The van der Waals surface area contributed by atoms with Crippen LogP contribution in [0.1, 0.15) is 12.0 Å². The number of carbonyl (C=O) groups excluding carboxylic acids is 3. The quantitative estimate of drug-likeness (QED) is 0.699. The fourth-order valence-electron chi connectivity index (χ4n) is 1.64. The lowest BCUT2D eigenvalue weighted by molar-refractivity contribution is -0.148. The minimum absolute atomic E-state index is 0.116. The Labute approximate surface area is 135 Å². The number of nitrogens with zero attached hydrogens (tertiary/aromatic N) is 1. The zero-order valence-electron chi connectivity index (χ0n) is 13.6. The molecule has 1 aromatic carbocycles. The maximum atomic E-state index is 11.6. The van der Waals surface area contributed by atoms with Crippen molar-refractivity contribution in [3.05, 3.63) is 29.8 Å². The first-order valence-electron chi connectivity index (χ1n) is 7.17. The number of amides is 2. The van der Waals surface area contributed by atoms with Gasteiger partial charge in [-0.25, -0.2) is 0 Å². The van der Waals surface area contributed by atoms with Gasteiger partial charge in [-0.3, -0.25) is 14.4 Å². The number of nitrogens with one attached hydrogen (secondary N) is 1. The van der Waals surface area contributed by atoms with Crippen LogP contribution >= 0.6 is 0 Å². The van der Waals surface area contributed by atoms with Crippen LogP contribution in [0.25, 0.3) is 0 Å². The Morgan fingerprint density at radius 3 is 2.35 bits per heavy atom. The van der Waals surface area contributed by atoms with Gasteiger partial charge in [0, 0.05) is 20.5 Å². The molecule has 7 heteroatoms. The molecule has 126 valence electrons. The smallest absolute Gasteiger partial charge is 0.306 e. The van der Waals surface area contributed by atoms with E-state index < -0.39 is 11.9 Å². The average Bonchev–Trinajstić information content (AvgIpc) is 2.56. The molecule has 1 N–H and O–H groups in total. The topological polar surface area (TPSA) is 84.9 Å². The van der Waals surface area contributed by atoms with E-state index in [1.807, 2.05) is 24.3 Å². The van der Waals surface area contributed by atoms with Crippen molar-refractivity contribution < 1.29 is 23.9 Å². The molecule has 0 aromatic heterocycles. The van der Waals surface area contributed by atoms with Crippen LogP contribution in [-0.4, -0.2) is 57.0 Å². The molecule has 0 aliphatic rings. The van der Waals surface area contributed by atoms with Crippen molar-refractivity contribution in [2.45, 2.75) is 12.8 Å². The van der Waals surface area contributed by atoms with Gasteiger partial charge < -0.3 is 19.7 Å². The summed E-state index contributed by atoms with van der Waals surface area (Å²) in [5, 5.41) is 2.38. The number of ether oxygens (including phenoxy) is 2. The SMILES string of the molecule is COc1ccc(CCC(=O)OCC(=O)NCC(=O)N(C)C)cc1. The number of esters is 1. The van der Waals surface area contributed by atoms with Crippen LogP contribution in [0.2, 0.25) is 0 Å². The first-order valence-corrected chi connectivity index (χ1v) is 7.17. The van der Waals surface area contributed by atoms with Gasteiger partial charge in [-0.2, -0.15) is 0 Å². The van der Waals surface area contributed by atoms with Crippen LogP contribution in [0.3, 0.4) is 0 Å². The molecule has 1 rings (SSSR count). The highest BCUT2D eigenvalue weighted by Gasteiger charge is 2.10. The number of rotatable bonds is 8. The highest BCUT2D eigenvalue weighted by atomic mass is 16.5. The van der Waals surface area contributed by atoms with Gasteiger partial charge in [0.25, 0.3) is 5.91 Å². The van der Waals surface area contributed by atoms with Crippen molar-refractivity contribution in [3.8, 4) is 5.75 Å². The normalized spacial score (nSPS) is 9.87. The Hall–Kier alpha value is -2.57. The van der Waals surface area contributed by atoms with E-state index in [2.05, 4.69) is 5.32 Å². The third-order valence-electron chi connectivity index (χ3n) is 3.08. The van der Waals surface area contributed by atoms with Gasteiger partial charge in [0.2, 0.25) is 5.91 Å². The van der Waals surface area contributed by atoms with Crippen molar-refractivity contribution in [2.24, 2.45) is 0 Å². The van der Waals surface area contributed by atoms with Gasteiger partial charge >= 0.3 is 5.97 Å². The molecule has 2 amide bonds. The zero-order valence-corrected chi connectivity index (χ0v) is 13.6. The van der Waals surface area contributed by atoms with Gasteiger partial charge in [0.05, 0.1) is 13.7 Å². The number of benzene rings is 1. The van der Waals surface area contributed by atoms with Crippen molar-refractivity contribution in [2.75, 3.05) is 34.4 Å². The average molecular weight is 322 g/mol. The fraction of sp³-hybridized carbons (Fsp3) is 0.438. The van der Waals surface area contributed by atoms with E-state index in [0.717, 1.165) is 11.3 Å². The van der Waals surface area contributed by atoms with E-state index in [-0.39, 0.29) is 25.5 Å². The number of aryl methyl sites for hydroxylation is 1. The van der Waals surface area contributed by atoms with Gasteiger partial charge in [0.1, 0.15) is 5.75 Å². The van der Waals surface area contributed by atoms with Crippen molar-refractivity contribution in [1.29, 1.82) is 0 Å². The molecule has 0 saturated carbocycles. The third kappa shape index (κ3) is 7.30. The minimum atomic E-state index is -0.502. The second kappa shape index (κ2) is 9.45. The van der Waals surface area contributed by atoms with Gasteiger partial charge in [-0.15, -0.1) is 0 Å². The number of carbonyl (C=O) groups is 3. The first kappa shape index (κ1) is 18.5. The lowest BCUT2D eigenvalue weighted by Gasteiger charge is -2.11. The van der Waals surface area contributed by atoms with Crippen LogP contribution in [0.15, 0.2) is 24.3 Å². The predicted octanol–water partition coefficient (Wildman–Crippen LogP) is 0.375. The van der Waals surface area contributed by atoms with Crippen LogP contribution in [0, 0.1) is 0 Å². The minimum Gasteiger partial charge on any atom is -0.497 e. The molecular formula is C16H22N2O5. The fourth-order valence-corrected chi connectivity index (χ4v) is 1.64. The molecule has 7 nitrogen and oxygen atoms in total. The zero-order chi connectivity index (χ0) is 17.2. The summed E-state index contributed by atoms with van der Waals surface area (Å²) in [5.74, 6) is -0.447. The monoisotopic (exact) mass is 322 g/mol. The lowest BCUT2D eigenvalue weighted by atomic mass is 10.1. The maximum absolute atomic E-state index is 11.6. The largest absolute Gasteiger partial charge is 0.497 e. The molecule has 0 bridgehead atoms. The Bertz CT molecular complexity index is 540. The van der Waals surface area contributed by atoms with E-state index in [9.17, 15) is 14.4 Å². The van der Waals surface area contributed by atoms with Crippen LogP contribution in [0.5, 0.6) is 5.75 Å². The summed E-state index contributed by atoms with van der Waals surface area (Å²) < 4.78 is 9.91. The molecule has 0 spiro atoms. The van der Waals surface area contributed by atoms with Crippen LogP contribution in [-0.2, 0) is 25.5 Å². The standard InChI is InChI=1S/C16H22N2O5/c1-18(2)15(20)10-17-14(19)11-23-16(21)9-6-12-4-7-13(22-3)8-5-12/h4-5,7-8H,6,9-11H2,1-3H3,(H,17,19). The molecule has 0 atom stereocenters. The molecule has 0 unspecified atom stereocenters. The van der Waals surface area contributed by atoms with E-state index >= 15 is 0 Å². The summed E-state index contributed by atoms with van der Waals surface area (Å²) in [6, 6.07) is 7.36. The van der Waals surface area contributed by atoms with Crippen molar-refractivity contribution in [3.63, 3.8) is 0 Å². The highest BCUT2D eigenvalue weighted by molar-refractivity contribution is 5.86. The number of hydrogen-bond donors (Lipinski definition) is 1. The first-order chi connectivity index (χ1) is 10.9. The van der Waals surface area contributed by atoms with E-state index in [1.54, 1.807) is 21.2 Å². The highest BCUT2D eigenvalue weighted by Crippen LogP contribution is 2.12. The summed E-state index contributed by atoms with van der Waals surface area (Å²) >= 11 is 0. The van der Waals surface area contributed by atoms with Gasteiger partial charge in [-0.1, -0.05) is 12.1 Å². The van der Waals surface area contributed by atoms with Crippen LogP contribution < -0.4 is 10.1 Å². The molecule has 0 heterocycles. The number of hydrogen-bond acceptors (Lipinski definition) is 5. The predicted molar refractivity (Wildman–Crippen MR) is 84.0 cm³/mol. The van der Waals surface area contributed by atoms with E-state index in [4.69, 9.17) is 9.47 Å². The Balaban J connectivity index is 2.23. The third-order valence-corrected chi connectivity index (χ3v) is 3.08. The molecule has 0 aliphatic carbocycles. The Morgan fingerprint density at radius 2 is 1.78 bits per heavy atom. The number of likely N-dealkylation sites (N-methyl/N-ethyl adjacent to an activating group) is 1. The second-order valence-corrected chi connectivity index (χ2v) is 5.07. The Morgan fingerprint density at radius 1 is 1.13 bits per heavy atom. The lowest BCUT2D eigenvalue weighted by Crippen LogP contribution is -2.38. The molecule has 1 aromatic rings. The molecule has 23 heavy (non-hydrogen) atoms. The molecule has 0 radical (unpaired) electrons. The van der Waals surface area contributed by atoms with Crippen molar-refractivity contribution in [1.82, 2.24) is 10.2 Å².